The molecule has 10 atom stereocenters. The molecule has 0 heterocycles. The van der Waals surface area contributed by atoms with E-state index in [1.165, 1.54) is 0 Å². The Balaban J connectivity index is 1.55. The van der Waals surface area contributed by atoms with E-state index in [1.807, 2.05) is 6.92 Å². The van der Waals surface area contributed by atoms with Crippen LogP contribution in [0.3, 0.4) is 0 Å². The molecule has 0 spiro atoms. The first-order valence-electron chi connectivity index (χ1n) is 11.8. The minimum atomic E-state index is -4.53. The van der Waals surface area contributed by atoms with Gasteiger partial charge >= 0.3 is 6.18 Å². The topological polar surface area (TPSA) is 40.5 Å². The van der Waals surface area contributed by atoms with Crippen LogP contribution in [0.25, 0.3) is 0 Å². The predicted octanol–water partition coefficient (Wildman–Crippen LogP) is 5.96. The van der Waals surface area contributed by atoms with Crippen molar-refractivity contribution in [2.24, 2.45) is 46.3 Å². The molecule has 2 N–H and O–H groups in total. The molecule has 0 saturated heterocycles. The lowest BCUT2D eigenvalue weighted by molar-refractivity contribution is -0.228. The van der Waals surface area contributed by atoms with Gasteiger partial charge in [-0.05, 0) is 111 Å². The third-order valence-electron chi connectivity index (χ3n) is 10.5. The van der Waals surface area contributed by atoms with Gasteiger partial charge in [0.2, 0.25) is 0 Å². The number of fused-ring (bicyclic) bond motifs is 5. The predicted molar refractivity (Wildman–Crippen MR) is 107 cm³/mol. The normalized spacial score (nSPS) is 52.2. The monoisotopic (exact) mass is 416 g/mol. The first kappa shape index (κ1) is 21.9. The van der Waals surface area contributed by atoms with Gasteiger partial charge in [0.25, 0.3) is 0 Å². The minimum absolute atomic E-state index is 0.0531. The highest BCUT2D eigenvalue weighted by molar-refractivity contribution is 5.11. The Morgan fingerprint density at radius 2 is 1.52 bits per heavy atom. The third-order valence-corrected chi connectivity index (χ3v) is 10.5. The van der Waals surface area contributed by atoms with Gasteiger partial charge in [-0.3, -0.25) is 0 Å². The van der Waals surface area contributed by atoms with Crippen molar-refractivity contribution >= 4 is 0 Å². The van der Waals surface area contributed by atoms with Crippen LogP contribution >= 0.6 is 0 Å². The maximum Gasteiger partial charge on any atom is 0.414 e. The number of alkyl halides is 3. The number of hydrogen-bond donors (Lipinski definition) is 2. The van der Waals surface area contributed by atoms with E-state index in [9.17, 15) is 23.4 Å². The Morgan fingerprint density at radius 3 is 2.17 bits per heavy atom. The molecule has 0 amide bonds. The quantitative estimate of drug-likeness (QED) is 0.583. The van der Waals surface area contributed by atoms with Crippen LogP contribution in [0.4, 0.5) is 13.2 Å². The van der Waals surface area contributed by atoms with Gasteiger partial charge in [0.05, 0.1) is 5.60 Å². The van der Waals surface area contributed by atoms with Gasteiger partial charge in [0.1, 0.15) is 0 Å². The molecule has 4 rings (SSSR count). The van der Waals surface area contributed by atoms with E-state index in [2.05, 4.69) is 13.8 Å². The van der Waals surface area contributed by atoms with Crippen LogP contribution in [0.5, 0.6) is 0 Å². The number of hydrogen-bond acceptors (Lipinski definition) is 2. The van der Waals surface area contributed by atoms with E-state index in [0.29, 0.717) is 23.7 Å². The Bertz CT molecular complexity index is 632. The van der Waals surface area contributed by atoms with E-state index < -0.39 is 23.8 Å². The Kier molecular flexibility index (Phi) is 5.18. The number of aliphatic hydroxyl groups is 2. The zero-order valence-electron chi connectivity index (χ0n) is 18.4. The van der Waals surface area contributed by atoms with Crippen LogP contribution in [-0.2, 0) is 0 Å². The number of aliphatic hydroxyl groups excluding tert-OH is 1. The molecule has 5 heteroatoms. The zero-order valence-corrected chi connectivity index (χ0v) is 18.4. The van der Waals surface area contributed by atoms with Crippen molar-refractivity contribution in [1.82, 2.24) is 0 Å². The second-order valence-corrected chi connectivity index (χ2v) is 11.9. The van der Waals surface area contributed by atoms with Crippen molar-refractivity contribution in [3.8, 4) is 0 Å². The lowest BCUT2D eigenvalue weighted by atomic mass is 9.43. The van der Waals surface area contributed by atoms with Gasteiger partial charge in [0, 0.05) is 0 Å². The van der Waals surface area contributed by atoms with Crippen LogP contribution in [0.2, 0.25) is 0 Å². The van der Waals surface area contributed by atoms with Crippen LogP contribution in [0.1, 0.15) is 85.5 Å². The van der Waals surface area contributed by atoms with E-state index >= 15 is 0 Å². The van der Waals surface area contributed by atoms with E-state index in [0.717, 1.165) is 57.8 Å². The van der Waals surface area contributed by atoms with Crippen LogP contribution in [0, 0.1) is 46.3 Å². The van der Waals surface area contributed by atoms with Crippen molar-refractivity contribution in [3.63, 3.8) is 0 Å². The molecule has 4 saturated carbocycles. The fourth-order valence-corrected chi connectivity index (χ4v) is 8.85. The van der Waals surface area contributed by atoms with Crippen molar-refractivity contribution < 1.29 is 23.4 Å². The first-order chi connectivity index (χ1) is 13.3. The van der Waals surface area contributed by atoms with Gasteiger partial charge < -0.3 is 10.2 Å². The summed E-state index contributed by atoms with van der Waals surface area (Å²) in [5.41, 5.74) is -0.361. The highest BCUT2D eigenvalue weighted by atomic mass is 19.4. The molecule has 0 aromatic rings. The molecule has 4 aliphatic rings. The second kappa shape index (κ2) is 6.85. The minimum Gasteiger partial charge on any atom is -0.390 e. The second-order valence-electron chi connectivity index (χ2n) is 11.9. The summed E-state index contributed by atoms with van der Waals surface area (Å²) >= 11 is 0. The summed E-state index contributed by atoms with van der Waals surface area (Å²) in [6, 6.07) is 0. The number of rotatable bonds is 2. The van der Waals surface area contributed by atoms with E-state index in [-0.39, 0.29) is 16.7 Å². The van der Waals surface area contributed by atoms with E-state index in [1.54, 1.807) is 6.92 Å². The lowest BCUT2D eigenvalue weighted by Gasteiger charge is -2.62. The molecule has 0 bridgehead atoms. The van der Waals surface area contributed by atoms with Crippen LogP contribution in [0.15, 0.2) is 0 Å². The number of halogens is 3. The van der Waals surface area contributed by atoms with Crippen molar-refractivity contribution in [2.45, 2.75) is 103 Å². The molecule has 4 aliphatic carbocycles. The first-order valence-corrected chi connectivity index (χ1v) is 11.8. The van der Waals surface area contributed by atoms with Gasteiger partial charge in [-0.1, -0.05) is 20.8 Å². The SMILES string of the molecule is C[C@H]([C@@H](O)C(F)(F)F)[C@H]1CC[C@H]2[C@@H]3CC[C@@H]4C[C@@](C)(O)CC[C@]4(C)[C@H]3CCC12C. The Morgan fingerprint density at radius 1 is 0.862 bits per heavy atom. The molecule has 0 radical (unpaired) electrons. The molecule has 1 unspecified atom stereocenters. The average Bonchev–Trinajstić information content (AvgIpc) is 2.97. The zero-order chi connectivity index (χ0) is 21.4. The van der Waals surface area contributed by atoms with E-state index in [4.69, 9.17) is 0 Å². The summed E-state index contributed by atoms with van der Waals surface area (Å²) in [7, 11) is 0. The summed E-state index contributed by atoms with van der Waals surface area (Å²) in [5, 5.41) is 20.6. The molecule has 4 fully saturated rings. The van der Waals surface area contributed by atoms with Crippen LogP contribution in [-0.4, -0.2) is 28.1 Å². The maximum absolute atomic E-state index is 13.2. The maximum atomic E-state index is 13.2. The van der Waals surface area contributed by atoms with Gasteiger partial charge in [-0.25, -0.2) is 0 Å². The molecule has 0 aliphatic heterocycles. The molecular formula is C24H39F3O2. The highest BCUT2D eigenvalue weighted by Crippen LogP contribution is 2.69. The standard InChI is InChI=1S/C24H39F3O2/c1-14(20(28)24(25,26)27)17-7-8-18-16-6-5-15-13-21(2,29)11-12-22(15,3)19(16)9-10-23(17,18)4/h14-20,28-29H,5-13H2,1-4H3/t14-,15+,16-,17+,18-,19-,20+,21-,22-,23?/m0/s1. The Hall–Kier alpha value is -0.290. The fourth-order valence-electron chi connectivity index (χ4n) is 8.85. The fraction of sp³-hybridized carbons (Fsp3) is 1.00. The van der Waals surface area contributed by atoms with Gasteiger partial charge in [-0.2, -0.15) is 13.2 Å². The van der Waals surface area contributed by atoms with Crippen molar-refractivity contribution in [1.29, 1.82) is 0 Å². The molecular weight excluding hydrogens is 377 g/mol. The highest BCUT2D eigenvalue weighted by Gasteiger charge is 2.62. The molecule has 0 aromatic heterocycles. The summed E-state index contributed by atoms with van der Waals surface area (Å²) in [4.78, 5) is 0. The van der Waals surface area contributed by atoms with Gasteiger partial charge in [0.15, 0.2) is 6.10 Å². The van der Waals surface area contributed by atoms with Crippen molar-refractivity contribution in [3.05, 3.63) is 0 Å². The molecule has 0 aromatic carbocycles. The summed E-state index contributed by atoms with van der Waals surface area (Å²) in [5.74, 6) is 1.49. The average molecular weight is 417 g/mol. The summed E-state index contributed by atoms with van der Waals surface area (Å²) < 4.78 is 39.6. The lowest BCUT2D eigenvalue weighted by Crippen LogP contribution is -2.56. The summed E-state index contributed by atoms with van der Waals surface area (Å²) in [6.45, 7) is 8.26. The summed E-state index contributed by atoms with van der Waals surface area (Å²) in [6.07, 6.45) is 2.29. The Labute approximate surface area is 173 Å². The third kappa shape index (κ3) is 3.37. The molecule has 168 valence electrons. The van der Waals surface area contributed by atoms with Crippen molar-refractivity contribution in [2.75, 3.05) is 0 Å². The molecule has 29 heavy (non-hydrogen) atoms. The smallest absolute Gasteiger partial charge is 0.390 e. The largest absolute Gasteiger partial charge is 0.414 e. The molecule has 2 nitrogen and oxygen atoms in total. The van der Waals surface area contributed by atoms with Crippen LogP contribution < -0.4 is 0 Å². The van der Waals surface area contributed by atoms with Gasteiger partial charge in [-0.15, -0.1) is 0 Å².